The first-order chi connectivity index (χ1) is 10.2. The number of ether oxygens (including phenoxy) is 1. The second-order valence-electron chi connectivity index (χ2n) is 4.35. The van der Waals surface area contributed by atoms with Gasteiger partial charge in [0.05, 0.1) is 6.54 Å². The predicted octanol–water partition coefficient (Wildman–Crippen LogP) is 1.85. The molecule has 0 aliphatic rings. The standard InChI is InChI=1S/C16H16N2O3/c17-10-15(19)12-6-8-13(9-7-12)18-16(20)11-21-14-4-2-1-3-5-14/h1-9H,10-11,17H2,(H,18,20). The van der Waals surface area contributed by atoms with E-state index in [0.29, 0.717) is 17.0 Å². The van der Waals surface area contributed by atoms with Gasteiger partial charge in [-0.2, -0.15) is 0 Å². The van der Waals surface area contributed by atoms with E-state index >= 15 is 0 Å². The Kier molecular flexibility index (Phi) is 5.06. The minimum absolute atomic E-state index is 0.0311. The van der Waals surface area contributed by atoms with Gasteiger partial charge in [-0.1, -0.05) is 18.2 Å². The van der Waals surface area contributed by atoms with E-state index in [9.17, 15) is 9.59 Å². The number of carbonyl (C=O) groups excluding carboxylic acids is 2. The number of amides is 1. The van der Waals surface area contributed by atoms with Gasteiger partial charge in [0.15, 0.2) is 12.4 Å². The number of anilines is 1. The van der Waals surface area contributed by atoms with Crippen LogP contribution in [0.4, 0.5) is 5.69 Å². The largest absolute Gasteiger partial charge is 0.484 e. The van der Waals surface area contributed by atoms with Crippen molar-refractivity contribution in [1.29, 1.82) is 0 Å². The van der Waals surface area contributed by atoms with Crippen LogP contribution < -0.4 is 15.8 Å². The maximum Gasteiger partial charge on any atom is 0.262 e. The molecule has 0 aliphatic carbocycles. The fourth-order valence-electron chi connectivity index (χ4n) is 1.72. The van der Waals surface area contributed by atoms with Gasteiger partial charge < -0.3 is 15.8 Å². The zero-order chi connectivity index (χ0) is 15.1. The fourth-order valence-corrected chi connectivity index (χ4v) is 1.72. The Balaban J connectivity index is 1.86. The number of hydrogen-bond acceptors (Lipinski definition) is 4. The average molecular weight is 284 g/mol. The lowest BCUT2D eigenvalue weighted by Crippen LogP contribution is -2.20. The van der Waals surface area contributed by atoms with Crippen molar-refractivity contribution in [1.82, 2.24) is 0 Å². The Morgan fingerprint density at radius 2 is 1.67 bits per heavy atom. The highest BCUT2D eigenvalue weighted by Crippen LogP contribution is 2.11. The summed E-state index contributed by atoms with van der Waals surface area (Å²) in [5, 5.41) is 2.69. The Morgan fingerprint density at radius 1 is 1.00 bits per heavy atom. The molecule has 0 aromatic heterocycles. The summed E-state index contributed by atoms with van der Waals surface area (Å²) in [7, 11) is 0. The summed E-state index contributed by atoms with van der Waals surface area (Å²) in [5.41, 5.74) is 6.41. The van der Waals surface area contributed by atoms with E-state index < -0.39 is 0 Å². The molecule has 0 fully saturated rings. The van der Waals surface area contributed by atoms with E-state index in [-0.39, 0.29) is 24.8 Å². The summed E-state index contributed by atoms with van der Waals surface area (Å²) in [6.45, 7) is -0.107. The lowest BCUT2D eigenvalue weighted by atomic mass is 10.1. The van der Waals surface area contributed by atoms with Gasteiger partial charge in [0.1, 0.15) is 5.75 Å². The third kappa shape index (κ3) is 4.43. The molecule has 0 saturated carbocycles. The number of benzene rings is 2. The van der Waals surface area contributed by atoms with Gasteiger partial charge in [-0.05, 0) is 36.4 Å². The number of nitrogens with two attached hydrogens (primary N) is 1. The average Bonchev–Trinajstić information content (AvgIpc) is 2.54. The van der Waals surface area contributed by atoms with Crippen molar-refractivity contribution in [3.05, 3.63) is 60.2 Å². The van der Waals surface area contributed by atoms with E-state index in [1.165, 1.54) is 0 Å². The molecule has 21 heavy (non-hydrogen) atoms. The number of rotatable bonds is 6. The highest BCUT2D eigenvalue weighted by molar-refractivity contribution is 5.98. The first kappa shape index (κ1) is 14.7. The first-order valence-corrected chi connectivity index (χ1v) is 6.50. The van der Waals surface area contributed by atoms with Gasteiger partial charge >= 0.3 is 0 Å². The van der Waals surface area contributed by atoms with Crippen molar-refractivity contribution in [2.45, 2.75) is 0 Å². The fraction of sp³-hybridized carbons (Fsp3) is 0.125. The van der Waals surface area contributed by atoms with E-state index in [1.54, 1.807) is 36.4 Å². The van der Waals surface area contributed by atoms with E-state index in [0.717, 1.165) is 0 Å². The molecule has 2 rings (SSSR count). The zero-order valence-corrected chi connectivity index (χ0v) is 11.4. The zero-order valence-electron chi connectivity index (χ0n) is 11.4. The summed E-state index contributed by atoms with van der Waals surface area (Å²) in [5.74, 6) is 0.230. The maximum atomic E-state index is 11.7. The molecule has 0 aliphatic heterocycles. The molecule has 3 N–H and O–H groups in total. The van der Waals surface area contributed by atoms with Gasteiger partial charge in [-0.3, -0.25) is 9.59 Å². The molecule has 0 unspecified atom stereocenters. The normalized spacial score (nSPS) is 9.95. The van der Waals surface area contributed by atoms with Crippen LogP contribution in [0.15, 0.2) is 54.6 Å². The molecule has 2 aromatic rings. The predicted molar refractivity (Wildman–Crippen MR) is 80.4 cm³/mol. The third-order valence-electron chi connectivity index (χ3n) is 2.79. The lowest BCUT2D eigenvalue weighted by molar-refractivity contribution is -0.118. The van der Waals surface area contributed by atoms with Crippen molar-refractivity contribution in [3.8, 4) is 5.75 Å². The molecule has 0 heterocycles. The van der Waals surface area contributed by atoms with Gasteiger partial charge in [0, 0.05) is 11.3 Å². The maximum absolute atomic E-state index is 11.7. The molecular weight excluding hydrogens is 268 g/mol. The van der Waals surface area contributed by atoms with Crippen LogP contribution in [0.1, 0.15) is 10.4 Å². The number of para-hydroxylation sites is 1. The second-order valence-corrected chi connectivity index (χ2v) is 4.35. The molecule has 0 bridgehead atoms. The number of nitrogens with one attached hydrogen (secondary N) is 1. The van der Waals surface area contributed by atoms with Crippen LogP contribution >= 0.6 is 0 Å². The quantitative estimate of drug-likeness (QED) is 0.793. The number of ketones is 1. The van der Waals surface area contributed by atoms with Crippen molar-refractivity contribution in [2.75, 3.05) is 18.5 Å². The molecule has 2 aromatic carbocycles. The van der Waals surface area contributed by atoms with Crippen LogP contribution in [0.5, 0.6) is 5.75 Å². The Bertz CT molecular complexity index is 609. The molecule has 0 atom stereocenters. The summed E-state index contributed by atoms with van der Waals surface area (Å²) in [4.78, 5) is 23.1. The van der Waals surface area contributed by atoms with Gasteiger partial charge in [-0.15, -0.1) is 0 Å². The van der Waals surface area contributed by atoms with Crippen LogP contribution in [0.25, 0.3) is 0 Å². The molecule has 5 nitrogen and oxygen atoms in total. The molecule has 0 radical (unpaired) electrons. The minimum Gasteiger partial charge on any atom is -0.484 e. The lowest BCUT2D eigenvalue weighted by Gasteiger charge is -2.08. The summed E-state index contributed by atoms with van der Waals surface area (Å²) in [6.07, 6.45) is 0. The molecule has 0 spiro atoms. The Morgan fingerprint density at radius 3 is 2.29 bits per heavy atom. The van der Waals surface area contributed by atoms with Gasteiger partial charge in [0.2, 0.25) is 0 Å². The number of hydrogen-bond donors (Lipinski definition) is 2. The van der Waals surface area contributed by atoms with E-state index in [1.807, 2.05) is 18.2 Å². The molecule has 1 amide bonds. The monoisotopic (exact) mass is 284 g/mol. The summed E-state index contributed by atoms with van der Waals surface area (Å²) in [6, 6.07) is 15.7. The molecule has 108 valence electrons. The summed E-state index contributed by atoms with van der Waals surface area (Å²) < 4.78 is 5.34. The van der Waals surface area contributed by atoms with Crippen LogP contribution in [0.3, 0.4) is 0 Å². The smallest absolute Gasteiger partial charge is 0.262 e. The Labute approximate surface area is 122 Å². The highest BCUT2D eigenvalue weighted by Gasteiger charge is 2.06. The molecular formula is C16H16N2O3. The topological polar surface area (TPSA) is 81.4 Å². The van der Waals surface area contributed by atoms with E-state index in [2.05, 4.69) is 5.32 Å². The second kappa shape index (κ2) is 7.21. The van der Waals surface area contributed by atoms with Crippen LogP contribution in [0.2, 0.25) is 0 Å². The van der Waals surface area contributed by atoms with Crippen LogP contribution in [0, 0.1) is 0 Å². The third-order valence-corrected chi connectivity index (χ3v) is 2.79. The SMILES string of the molecule is NCC(=O)c1ccc(NC(=O)COc2ccccc2)cc1. The molecule has 0 saturated heterocycles. The van der Waals surface area contributed by atoms with Crippen molar-refractivity contribution in [2.24, 2.45) is 5.73 Å². The number of carbonyl (C=O) groups is 2. The number of Topliss-reactive ketones (excluding diaryl/α,β-unsaturated/α-hetero) is 1. The van der Waals surface area contributed by atoms with Gasteiger partial charge in [-0.25, -0.2) is 0 Å². The van der Waals surface area contributed by atoms with Crippen molar-refractivity contribution >= 4 is 17.4 Å². The van der Waals surface area contributed by atoms with Crippen LogP contribution in [-0.2, 0) is 4.79 Å². The highest BCUT2D eigenvalue weighted by atomic mass is 16.5. The molecule has 5 heteroatoms. The Hall–Kier alpha value is -2.66. The minimum atomic E-state index is -0.267. The summed E-state index contributed by atoms with van der Waals surface area (Å²) >= 11 is 0. The van der Waals surface area contributed by atoms with Gasteiger partial charge in [0.25, 0.3) is 5.91 Å². The van der Waals surface area contributed by atoms with Crippen molar-refractivity contribution < 1.29 is 14.3 Å². The van der Waals surface area contributed by atoms with Crippen LogP contribution in [-0.4, -0.2) is 24.8 Å². The first-order valence-electron chi connectivity index (χ1n) is 6.50. The van der Waals surface area contributed by atoms with E-state index in [4.69, 9.17) is 10.5 Å². The van der Waals surface area contributed by atoms with Crippen molar-refractivity contribution in [3.63, 3.8) is 0 Å².